The molecule has 0 bridgehead atoms. The van der Waals surface area contributed by atoms with E-state index in [9.17, 15) is 4.79 Å². The minimum atomic E-state index is 0. The Hall–Kier alpha value is -0.420. The zero-order valence-corrected chi connectivity index (χ0v) is 13.1. The molecule has 1 aliphatic rings. The molecule has 106 valence electrons. The van der Waals surface area contributed by atoms with Crippen LogP contribution in [0, 0.1) is 0 Å². The van der Waals surface area contributed by atoms with Crippen LogP contribution in [-0.2, 0) is 4.79 Å². The van der Waals surface area contributed by atoms with Crippen LogP contribution in [0.5, 0.6) is 0 Å². The number of hydrogen-bond acceptors (Lipinski definition) is 3. The van der Waals surface area contributed by atoms with Gasteiger partial charge in [0.15, 0.2) is 0 Å². The molecule has 1 amide bonds. The summed E-state index contributed by atoms with van der Waals surface area (Å²) in [6, 6.07) is 6.00. The molecule has 1 heterocycles. The molecule has 0 aromatic heterocycles. The number of thioether (sulfide) groups is 1. The van der Waals surface area contributed by atoms with Crippen LogP contribution in [-0.4, -0.2) is 25.3 Å². The van der Waals surface area contributed by atoms with Gasteiger partial charge in [-0.3, -0.25) is 4.79 Å². The number of hydrogen-bond donors (Lipinski definition) is 2. The summed E-state index contributed by atoms with van der Waals surface area (Å²) in [5.74, 6) is 1.12. The fourth-order valence-electron chi connectivity index (χ4n) is 2.02. The van der Waals surface area contributed by atoms with Crippen LogP contribution in [0.2, 0.25) is 5.02 Å². The lowest BCUT2D eigenvalue weighted by Gasteiger charge is -2.26. The lowest BCUT2D eigenvalue weighted by atomic mass is 10.0. The third kappa shape index (κ3) is 4.56. The van der Waals surface area contributed by atoms with Crippen molar-refractivity contribution < 1.29 is 4.79 Å². The van der Waals surface area contributed by atoms with Crippen LogP contribution in [0.15, 0.2) is 23.1 Å². The van der Waals surface area contributed by atoms with Gasteiger partial charge in [-0.1, -0.05) is 11.6 Å². The number of fused-ring (bicyclic) bond motifs is 1. The van der Waals surface area contributed by atoms with E-state index in [0.717, 1.165) is 22.8 Å². The molecular formula is C13H18Cl2N2OS. The molecule has 0 fully saturated rings. The highest BCUT2D eigenvalue weighted by atomic mass is 35.5. The molecule has 1 aromatic rings. The topological polar surface area (TPSA) is 41.1 Å². The first-order valence-electron chi connectivity index (χ1n) is 6.07. The summed E-state index contributed by atoms with van der Waals surface area (Å²) in [4.78, 5) is 13.0. The zero-order valence-electron chi connectivity index (χ0n) is 10.7. The molecule has 1 aromatic carbocycles. The summed E-state index contributed by atoms with van der Waals surface area (Å²) in [7, 11) is 1.85. The quantitative estimate of drug-likeness (QED) is 0.896. The lowest BCUT2D eigenvalue weighted by molar-refractivity contribution is -0.121. The monoisotopic (exact) mass is 320 g/mol. The van der Waals surface area contributed by atoms with Crippen molar-refractivity contribution in [3.63, 3.8) is 0 Å². The molecular weight excluding hydrogens is 303 g/mol. The number of carbonyl (C=O) groups excluding carboxylic acids is 1. The van der Waals surface area contributed by atoms with Gasteiger partial charge in [0, 0.05) is 28.6 Å². The number of benzene rings is 1. The first-order valence-corrected chi connectivity index (χ1v) is 7.43. The van der Waals surface area contributed by atoms with Gasteiger partial charge in [0.05, 0.1) is 6.04 Å². The Kier molecular flexibility index (Phi) is 7.00. The van der Waals surface area contributed by atoms with E-state index in [0.29, 0.717) is 13.0 Å². The molecule has 0 radical (unpaired) electrons. The van der Waals surface area contributed by atoms with Crippen molar-refractivity contribution in [3.8, 4) is 0 Å². The maximum absolute atomic E-state index is 11.8. The summed E-state index contributed by atoms with van der Waals surface area (Å²) in [5.41, 5.74) is 1.15. The average Bonchev–Trinajstić information content (AvgIpc) is 2.37. The molecule has 2 rings (SSSR count). The third-order valence-corrected chi connectivity index (χ3v) is 4.31. The maximum Gasteiger partial charge on any atom is 0.221 e. The minimum absolute atomic E-state index is 0. The van der Waals surface area contributed by atoms with Crippen LogP contribution in [0.3, 0.4) is 0 Å². The van der Waals surface area contributed by atoms with Crippen LogP contribution >= 0.6 is 35.8 Å². The normalized spacial score (nSPS) is 17.3. The van der Waals surface area contributed by atoms with Crippen molar-refractivity contribution in [2.75, 3.05) is 19.3 Å². The van der Waals surface area contributed by atoms with Crippen LogP contribution < -0.4 is 10.6 Å². The number of carbonyl (C=O) groups is 1. The van der Waals surface area contributed by atoms with Crippen molar-refractivity contribution >= 4 is 41.7 Å². The Balaban J connectivity index is 0.00000180. The number of rotatable bonds is 4. The van der Waals surface area contributed by atoms with Gasteiger partial charge < -0.3 is 10.6 Å². The van der Waals surface area contributed by atoms with Gasteiger partial charge in [0.2, 0.25) is 5.91 Å². The molecule has 0 saturated carbocycles. The Morgan fingerprint density at radius 3 is 3.05 bits per heavy atom. The van der Waals surface area contributed by atoms with E-state index in [1.165, 1.54) is 4.90 Å². The predicted molar refractivity (Wildman–Crippen MR) is 83.5 cm³/mol. The predicted octanol–water partition coefficient (Wildman–Crippen LogP) is 3.02. The van der Waals surface area contributed by atoms with Crippen molar-refractivity contribution in [3.05, 3.63) is 28.8 Å². The standard InChI is InChI=1S/C13H17ClN2OS.ClH/c1-15-6-4-13(17)16-11-5-7-18-12-3-2-9(14)8-10(11)12;/h2-3,8,11,15H,4-7H2,1H3,(H,16,17);1H. The summed E-state index contributed by atoms with van der Waals surface area (Å²) in [5, 5.41) is 6.79. The van der Waals surface area contributed by atoms with Crippen molar-refractivity contribution in [2.24, 2.45) is 0 Å². The molecule has 1 aliphatic heterocycles. The van der Waals surface area contributed by atoms with Gasteiger partial charge in [0.25, 0.3) is 0 Å². The average molecular weight is 321 g/mol. The summed E-state index contributed by atoms with van der Waals surface area (Å²) >= 11 is 7.85. The number of halogens is 2. The van der Waals surface area contributed by atoms with Gasteiger partial charge in [-0.25, -0.2) is 0 Å². The number of amides is 1. The van der Waals surface area contributed by atoms with Gasteiger partial charge in [-0.05, 0) is 37.2 Å². The van der Waals surface area contributed by atoms with Crippen molar-refractivity contribution in [2.45, 2.75) is 23.8 Å². The first kappa shape index (κ1) is 16.6. The third-order valence-electron chi connectivity index (χ3n) is 2.95. The van der Waals surface area contributed by atoms with Crippen LogP contribution in [0.1, 0.15) is 24.4 Å². The second-order valence-corrected chi connectivity index (χ2v) is 5.87. The molecule has 3 nitrogen and oxygen atoms in total. The van der Waals surface area contributed by atoms with E-state index in [1.54, 1.807) is 0 Å². The van der Waals surface area contributed by atoms with E-state index in [-0.39, 0.29) is 24.4 Å². The second-order valence-electron chi connectivity index (χ2n) is 4.29. The SMILES string of the molecule is CNCCC(=O)NC1CCSc2ccc(Cl)cc21.Cl. The van der Waals surface area contributed by atoms with Gasteiger partial charge >= 0.3 is 0 Å². The van der Waals surface area contributed by atoms with Gasteiger partial charge in [-0.15, -0.1) is 24.2 Å². The molecule has 0 aliphatic carbocycles. The van der Waals surface area contributed by atoms with E-state index in [2.05, 4.69) is 10.6 Å². The molecule has 6 heteroatoms. The minimum Gasteiger partial charge on any atom is -0.349 e. The Labute approximate surface area is 129 Å². The Morgan fingerprint density at radius 1 is 1.53 bits per heavy atom. The Bertz CT molecular complexity index is 443. The van der Waals surface area contributed by atoms with Crippen molar-refractivity contribution in [1.82, 2.24) is 10.6 Å². The highest BCUT2D eigenvalue weighted by Gasteiger charge is 2.22. The van der Waals surface area contributed by atoms with E-state index in [1.807, 2.05) is 37.0 Å². The lowest BCUT2D eigenvalue weighted by Crippen LogP contribution is -2.32. The molecule has 1 unspecified atom stereocenters. The van der Waals surface area contributed by atoms with Crippen molar-refractivity contribution in [1.29, 1.82) is 0 Å². The first-order chi connectivity index (χ1) is 8.70. The fraction of sp³-hybridized carbons (Fsp3) is 0.462. The highest BCUT2D eigenvalue weighted by Crippen LogP contribution is 2.37. The largest absolute Gasteiger partial charge is 0.349 e. The van der Waals surface area contributed by atoms with E-state index < -0.39 is 0 Å². The van der Waals surface area contributed by atoms with E-state index >= 15 is 0 Å². The molecule has 0 spiro atoms. The summed E-state index contributed by atoms with van der Waals surface area (Å²) in [6.07, 6.45) is 1.47. The van der Waals surface area contributed by atoms with Crippen LogP contribution in [0.4, 0.5) is 0 Å². The second kappa shape index (κ2) is 8.00. The zero-order chi connectivity index (χ0) is 13.0. The molecule has 2 N–H and O–H groups in total. The van der Waals surface area contributed by atoms with Gasteiger partial charge in [-0.2, -0.15) is 0 Å². The fourth-order valence-corrected chi connectivity index (χ4v) is 3.31. The van der Waals surface area contributed by atoms with E-state index in [4.69, 9.17) is 11.6 Å². The summed E-state index contributed by atoms with van der Waals surface area (Å²) < 4.78 is 0. The number of nitrogens with one attached hydrogen (secondary N) is 2. The molecule has 1 atom stereocenters. The molecule has 19 heavy (non-hydrogen) atoms. The smallest absolute Gasteiger partial charge is 0.221 e. The molecule has 0 saturated heterocycles. The van der Waals surface area contributed by atoms with Gasteiger partial charge in [0.1, 0.15) is 0 Å². The maximum atomic E-state index is 11.8. The summed E-state index contributed by atoms with van der Waals surface area (Å²) in [6.45, 7) is 0.704. The highest BCUT2D eigenvalue weighted by molar-refractivity contribution is 7.99. The van der Waals surface area contributed by atoms with Crippen LogP contribution in [0.25, 0.3) is 0 Å². The Morgan fingerprint density at radius 2 is 2.32 bits per heavy atom.